The summed E-state index contributed by atoms with van der Waals surface area (Å²) in [5.41, 5.74) is 1.09. The quantitative estimate of drug-likeness (QED) is 0.270. The molecule has 1 unspecified atom stereocenters. The summed E-state index contributed by atoms with van der Waals surface area (Å²) in [5.74, 6) is 1.12. The first-order chi connectivity index (χ1) is 17.3. The van der Waals surface area contributed by atoms with E-state index in [0.29, 0.717) is 24.2 Å². The molecular weight excluding hydrogens is 489 g/mol. The van der Waals surface area contributed by atoms with Gasteiger partial charge in [-0.3, -0.25) is 4.79 Å². The van der Waals surface area contributed by atoms with Crippen LogP contribution in [0, 0.1) is 39.4 Å². The standard InChI is InChI=1S/C32H51F3O3/c1-20(10-9-16-31(8,37)32(33,34)35)22-13-18-30(7)24-11-12-25-27(3,4)26(38-21(2)36)15-17-28(25,5)23(24)14-19-29(22,30)6/h20,22,25-26,37H,9-19H2,1-8H3/t20-,22-,25+,26+,28-,29-,30+,31?/m1/s1. The molecule has 218 valence electrons. The van der Waals surface area contributed by atoms with Crippen LogP contribution in [0.3, 0.4) is 0 Å². The number of hydrogen-bond acceptors (Lipinski definition) is 3. The summed E-state index contributed by atoms with van der Waals surface area (Å²) in [5, 5.41) is 9.90. The van der Waals surface area contributed by atoms with Crippen molar-refractivity contribution in [2.45, 2.75) is 144 Å². The predicted octanol–water partition coefficient (Wildman–Crippen LogP) is 8.79. The van der Waals surface area contributed by atoms with Crippen LogP contribution in [0.2, 0.25) is 0 Å². The first-order valence-corrected chi connectivity index (χ1v) is 15.0. The highest BCUT2D eigenvalue weighted by atomic mass is 19.4. The maximum absolute atomic E-state index is 13.1. The van der Waals surface area contributed by atoms with E-state index < -0.39 is 11.8 Å². The van der Waals surface area contributed by atoms with E-state index in [0.717, 1.165) is 64.7 Å². The van der Waals surface area contributed by atoms with Crippen molar-refractivity contribution in [1.82, 2.24) is 0 Å². The SMILES string of the molecule is CC(=O)O[C@H]1CC[C@]2(C)C3=C(CC[C@H]2C1(C)C)[C@]1(C)CC[C@H]([C@H](C)CCCC(C)(O)C(F)(F)F)[C@@]1(C)CC3. The molecule has 6 heteroatoms. The molecule has 3 nitrogen and oxygen atoms in total. The predicted molar refractivity (Wildman–Crippen MR) is 144 cm³/mol. The lowest BCUT2D eigenvalue weighted by Crippen LogP contribution is -2.55. The van der Waals surface area contributed by atoms with Crippen LogP contribution in [0.15, 0.2) is 11.1 Å². The molecule has 38 heavy (non-hydrogen) atoms. The average Bonchev–Trinajstić information content (AvgIpc) is 3.06. The van der Waals surface area contributed by atoms with Gasteiger partial charge in [0.2, 0.25) is 0 Å². The summed E-state index contributed by atoms with van der Waals surface area (Å²) in [6, 6.07) is 0. The molecule has 0 bridgehead atoms. The van der Waals surface area contributed by atoms with Crippen LogP contribution >= 0.6 is 0 Å². The molecule has 0 spiro atoms. The van der Waals surface area contributed by atoms with E-state index >= 15 is 0 Å². The first kappa shape index (κ1) is 29.9. The molecule has 0 aliphatic heterocycles. The summed E-state index contributed by atoms with van der Waals surface area (Å²) >= 11 is 0. The van der Waals surface area contributed by atoms with E-state index in [4.69, 9.17) is 4.74 Å². The maximum Gasteiger partial charge on any atom is 0.416 e. The van der Waals surface area contributed by atoms with Crippen molar-refractivity contribution in [2.24, 2.45) is 39.4 Å². The highest BCUT2D eigenvalue weighted by molar-refractivity contribution is 5.66. The van der Waals surface area contributed by atoms with Gasteiger partial charge in [0, 0.05) is 12.3 Å². The third kappa shape index (κ3) is 4.47. The van der Waals surface area contributed by atoms with E-state index in [1.54, 1.807) is 11.1 Å². The van der Waals surface area contributed by atoms with Crippen LogP contribution in [-0.4, -0.2) is 29.0 Å². The van der Waals surface area contributed by atoms with Crippen molar-refractivity contribution in [2.75, 3.05) is 0 Å². The zero-order valence-electron chi connectivity index (χ0n) is 25.0. The fraction of sp³-hybridized carbons (Fsp3) is 0.906. The van der Waals surface area contributed by atoms with Gasteiger partial charge < -0.3 is 9.84 Å². The normalized spacial score (nSPS) is 41.0. The van der Waals surface area contributed by atoms with E-state index in [9.17, 15) is 23.1 Å². The Bertz CT molecular complexity index is 965. The number of carbonyl (C=O) groups excluding carboxylic acids is 1. The second-order valence-electron chi connectivity index (χ2n) is 15.0. The third-order valence-electron chi connectivity index (χ3n) is 12.7. The summed E-state index contributed by atoms with van der Waals surface area (Å²) < 4.78 is 45.3. The number of rotatable bonds is 6. The Morgan fingerprint density at radius 2 is 1.68 bits per heavy atom. The van der Waals surface area contributed by atoms with Crippen LogP contribution < -0.4 is 0 Å². The molecule has 1 N–H and O–H groups in total. The molecule has 8 atom stereocenters. The lowest BCUT2D eigenvalue weighted by Gasteiger charge is -2.62. The van der Waals surface area contributed by atoms with Gasteiger partial charge in [0.05, 0.1) is 0 Å². The molecule has 0 saturated heterocycles. The topological polar surface area (TPSA) is 46.5 Å². The lowest BCUT2D eigenvalue weighted by molar-refractivity contribution is -0.255. The van der Waals surface area contributed by atoms with Crippen LogP contribution in [-0.2, 0) is 9.53 Å². The Morgan fingerprint density at radius 3 is 2.29 bits per heavy atom. The van der Waals surface area contributed by atoms with Crippen LogP contribution in [0.5, 0.6) is 0 Å². The van der Waals surface area contributed by atoms with Crippen molar-refractivity contribution < 1.29 is 27.8 Å². The van der Waals surface area contributed by atoms with E-state index in [1.807, 2.05) is 0 Å². The number of halogens is 3. The highest BCUT2D eigenvalue weighted by Gasteiger charge is 2.63. The maximum atomic E-state index is 13.1. The van der Waals surface area contributed by atoms with Gasteiger partial charge in [-0.1, -0.05) is 59.1 Å². The Morgan fingerprint density at radius 1 is 1.03 bits per heavy atom. The van der Waals surface area contributed by atoms with Crippen LogP contribution in [0.4, 0.5) is 13.2 Å². The van der Waals surface area contributed by atoms with E-state index in [1.165, 1.54) is 6.92 Å². The zero-order chi connectivity index (χ0) is 28.5. The minimum Gasteiger partial charge on any atom is -0.462 e. The van der Waals surface area contributed by atoms with Crippen LogP contribution in [0.1, 0.15) is 126 Å². The van der Waals surface area contributed by atoms with Gasteiger partial charge in [0.15, 0.2) is 5.60 Å². The number of ether oxygens (including phenoxy) is 1. The molecule has 2 fully saturated rings. The van der Waals surface area contributed by atoms with Gasteiger partial charge in [-0.05, 0) is 105 Å². The Balaban J connectivity index is 1.55. The van der Waals surface area contributed by atoms with Crippen molar-refractivity contribution in [3.05, 3.63) is 11.1 Å². The fourth-order valence-electron chi connectivity index (χ4n) is 10.1. The van der Waals surface area contributed by atoms with E-state index in [2.05, 4.69) is 41.5 Å². The molecule has 0 aromatic carbocycles. The Labute approximate surface area is 228 Å². The number of fused-ring (bicyclic) bond motifs is 4. The minimum absolute atomic E-state index is 0.0282. The van der Waals surface area contributed by atoms with Crippen LogP contribution in [0.25, 0.3) is 0 Å². The third-order valence-corrected chi connectivity index (χ3v) is 12.7. The molecule has 0 heterocycles. The number of alkyl halides is 3. The number of aliphatic hydroxyl groups is 1. The van der Waals surface area contributed by atoms with Crippen molar-refractivity contribution in [1.29, 1.82) is 0 Å². The minimum atomic E-state index is -4.58. The molecule has 0 amide bonds. The molecule has 4 rings (SSSR count). The fourth-order valence-corrected chi connectivity index (χ4v) is 10.1. The number of hydrogen-bond donors (Lipinski definition) is 1. The summed E-state index contributed by atoms with van der Waals surface area (Å²) in [4.78, 5) is 11.8. The number of esters is 1. The molecule has 0 radical (unpaired) electrons. The highest BCUT2D eigenvalue weighted by Crippen LogP contribution is 2.72. The molecular formula is C32H51F3O3. The molecule has 4 aliphatic rings. The second-order valence-corrected chi connectivity index (χ2v) is 15.0. The van der Waals surface area contributed by atoms with Gasteiger partial charge in [0.25, 0.3) is 0 Å². The number of carbonyl (C=O) groups is 1. The van der Waals surface area contributed by atoms with Gasteiger partial charge in [-0.25, -0.2) is 0 Å². The molecule has 0 aromatic heterocycles. The summed E-state index contributed by atoms with van der Waals surface area (Å²) in [6.45, 7) is 16.7. The largest absolute Gasteiger partial charge is 0.462 e. The lowest BCUT2D eigenvalue weighted by atomic mass is 9.43. The Hall–Kier alpha value is -1.04. The van der Waals surface area contributed by atoms with E-state index in [-0.39, 0.29) is 40.2 Å². The molecule has 2 saturated carbocycles. The van der Waals surface area contributed by atoms with Crippen molar-refractivity contribution in [3.63, 3.8) is 0 Å². The van der Waals surface area contributed by atoms with Gasteiger partial charge in [-0.2, -0.15) is 13.2 Å². The van der Waals surface area contributed by atoms with Crippen molar-refractivity contribution in [3.8, 4) is 0 Å². The van der Waals surface area contributed by atoms with Gasteiger partial charge >= 0.3 is 12.1 Å². The Kier molecular flexibility index (Phi) is 7.50. The monoisotopic (exact) mass is 540 g/mol. The van der Waals surface area contributed by atoms with Crippen molar-refractivity contribution >= 4 is 5.97 Å². The second kappa shape index (κ2) is 9.52. The van der Waals surface area contributed by atoms with Gasteiger partial charge in [-0.15, -0.1) is 0 Å². The zero-order valence-corrected chi connectivity index (χ0v) is 25.0. The smallest absolute Gasteiger partial charge is 0.416 e. The molecule has 4 aliphatic carbocycles. The summed E-state index contributed by atoms with van der Waals surface area (Å²) in [6.07, 6.45) is 4.98. The average molecular weight is 541 g/mol. The van der Waals surface area contributed by atoms with Gasteiger partial charge in [0.1, 0.15) is 6.10 Å². The number of allylic oxidation sites excluding steroid dienone is 2. The molecule has 0 aromatic rings. The first-order valence-electron chi connectivity index (χ1n) is 15.0. The summed E-state index contributed by atoms with van der Waals surface area (Å²) in [7, 11) is 0.